The van der Waals surface area contributed by atoms with E-state index in [0.29, 0.717) is 24.6 Å². The molecule has 82 valence electrons. The Morgan fingerprint density at radius 3 is 3.19 bits per heavy atom. The van der Waals surface area contributed by atoms with E-state index < -0.39 is 0 Å². The zero-order valence-electron chi connectivity index (χ0n) is 8.59. The first-order chi connectivity index (χ1) is 7.79. The predicted octanol–water partition coefficient (Wildman–Crippen LogP) is 1.75. The maximum Gasteiger partial charge on any atom is 0.244 e. The first-order valence-corrected chi connectivity index (χ1v) is 5.71. The van der Waals surface area contributed by atoms with E-state index in [2.05, 4.69) is 16.1 Å². The van der Waals surface area contributed by atoms with E-state index in [4.69, 9.17) is 16.7 Å². The molecule has 0 saturated carbocycles. The molecule has 2 aromatic rings. The molecule has 5 heteroatoms. The fraction of sp³-hybridized carbons (Fsp3) is 0.273. The molecule has 0 radical (unpaired) electrons. The van der Waals surface area contributed by atoms with Crippen LogP contribution in [0.1, 0.15) is 29.1 Å². The van der Waals surface area contributed by atoms with E-state index in [0.717, 1.165) is 0 Å². The third kappa shape index (κ3) is 2.48. The van der Waals surface area contributed by atoms with Crippen molar-refractivity contribution in [1.29, 1.82) is 0 Å². The number of rotatable bonds is 4. The average molecular weight is 233 g/mol. The Balaban J connectivity index is 2.05. The van der Waals surface area contributed by atoms with Crippen molar-refractivity contribution in [2.75, 3.05) is 0 Å². The molecule has 2 N–H and O–H groups in total. The van der Waals surface area contributed by atoms with Crippen molar-refractivity contribution in [1.82, 2.24) is 10.1 Å². The highest BCUT2D eigenvalue weighted by Crippen LogP contribution is 2.15. The Morgan fingerprint density at radius 1 is 1.62 bits per heavy atom. The van der Waals surface area contributed by atoms with Crippen LogP contribution in [0.3, 0.4) is 0 Å². The standard InChI is InChI=1S/C11H11N3OS/c1-2-4-9(12)11-13-10(14-15-11)7-8-5-3-6-16-8/h1,3,5-6,9H,4,7,12H2. The van der Waals surface area contributed by atoms with Crippen LogP contribution in [0.2, 0.25) is 0 Å². The Morgan fingerprint density at radius 2 is 2.50 bits per heavy atom. The lowest BCUT2D eigenvalue weighted by Gasteiger charge is -1.98. The number of nitrogens with two attached hydrogens (primary N) is 1. The molecule has 0 saturated heterocycles. The monoisotopic (exact) mass is 233 g/mol. The Bertz CT molecular complexity index is 484. The summed E-state index contributed by atoms with van der Waals surface area (Å²) >= 11 is 1.66. The molecule has 2 rings (SSSR count). The van der Waals surface area contributed by atoms with Crippen molar-refractivity contribution in [3.8, 4) is 12.3 Å². The Labute approximate surface area is 97.5 Å². The molecule has 0 fully saturated rings. The minimum Gasteiger partial charge on any atom is -0.338 e. The van der Waals surface area contributed by atoms with Crippen LogP contribution in [0.5, 0.6) is 0 Å². The van der Waals surface area contributed by atoms with Crippen molar-refractivity contribution >= 4 is 11.3 Å². The van der Waals surface area contributed by atoms with Gasteiger partial charge in [0.15, 0.2) is 5.82 Å². The highest BCUT2D eigenvalue weighted by molar-refractivity contribution is 7.09. The molecule has 0 amide bonds. The van der Waals surface area contributed by atoms with Gasteiger partial charge in [-0.05, 0) is 11.4 Å². The van der Waals surface area contributed by atoms with Crippen LogP contribution in [0, 0.1) is 12.3 Å². The third-order valence-electron chi connectivity index (χ3n) is 2.05. The largest absolute Gasteiger partial charge is 0.338 e. The molecular formula is C11H11N3OS. The Hall–Kier alpha value is -1.64. The van der Waals surface area contributed by atoms with Crippen molar-refractivity contribution < 1.29 is 4.52 Å². The molecule has 16 heavy (non-hydrogen) atoms. The van der Waals surface area contributed by atoms with Crippen molar-refractivity contribution in [3.63, 3.8) is 0 Å². The summed E-state index contributed by atoms with van der Waals surface area (Å²) < 4.78 is 5.05. The van der Waals surface area contributed by atoms with E-state index in [1.165, 1.54) is 4.88 Å². The van der Waals surface area contributed by atoms with E-state index in [-0.39, 0.29) is 6.04 Å². The van der Waals surface area contributed by atoms with Crippen LogP contribution in [0.25, 0.3) is 0 Å². The van der Waals surface area contributed by atoms with Gasteiger partial charge in [0.25, 0.3) is 0 Å². The summed E-state index contributed by atoms with van der Waals surface area (Å²) in [4.78, 5) is 5.40. The molecule has 2 heterocycles. The minimum absolute atomic E-state index is 0.366. The molecular weight excluding hydrogens is 222 g/mol. The highest BCUT2D eigenvalue weighted by atomic mass is 32.1. The second-order valence-corrected chi connectivity index (χ2v) is 4.35. The molecule has 0 bridgehead atoms. The van der Waals surface area contributed by atoms with Gasteiger partial charge in [-0.25, -0.2) is 0 Å². The predicted molar refractivity (Wildman–Crippen MR) is 61.8 cm³/mol. The quantitative estimate of drug-likeness (QED) is 0.817. The highest BCUT2D eigenvalue weighted by Gasteiger charge is 2.13. The van der Waals surface area contributed by atoms with E-state index >= 15 is 0 Å². The lowest BCUT2D eigenvalue weighted by molar-refractivity contribution is 0.353. The first-order valence-electron chi connectivity index (χ1n) is 4.83. The second kappa shape index (κ2) is 4.92. The summed E-state index contributed by atoms with van der Waals surface area (Å²) in [5.41, 5.74) is 5.76. The van der Waals surface area contributed by atoms with Crippen LogP contribution in [-0.2, 0) is 6.42 Å². The maximum absolute atomic E-state index is 5.76. The zero-order chi connectivity index (χ0) is 11.4. The van der Waals surface area contributed by atoms with Crippen molar-refractivity contribution in [2.24, 2.45) is 5.73 Å². The molecule has 1 atom stereocenters. The van der Waals surface area contributed by atoms with Crippen LogP contribution in [0.15, 0.2) is 22.0 Å². The van der Waals surface area contributed by atoms with Gasteiger partial charge in [-0.15, -0.1) is 23.7 Å². The van der Waals surface area contributed by atoms with Gasteiger partial charge in [0.1, 0.15) is 0 Å². The number of thiophene rings is 1. The Kier molecular flexibility index (Phi) is 3.34. The van der Waals surface area contributed by atoms with Gasteiger partial charge in [-0.1, -0.05) is 11.2 Å². The molecule has 4 nitrogen and oxygen atoms in total. The summed E-state index contributed by atoms with van der Waals surface area (Å²) in [6.45, 7) is 0. The van der Waals surface area contributed by atoms with Crippen LogP contribution < -0.4 is 5.73 Å². The molecule has 0 aliphatic rings. The fourth-order valence-electron chi connectivity index (χ4n) is 1.27. The van der Waals surface area contributed by atoms with Gasteiger partial charge in [0.2, 0.25) is 5.89 Å². The van der Waals surface area contributed by atoms with Gasteiger partial charge in [-0.3, -0.25) is 0 Å². The normalized spacial score (nSPS) is 12.2. The van der Waals surface area contributed by atoms with Crippen LogP contribution in [-0.4, -0.2) is 10.1 Å². The minimum atomic E-state index is -0.366. The second-order valence-electron chi connectivity index (χ2n) is 3.32. The molecule has 2 aromatic heterocycles. The lowest BCUT2D eigenvalue weighted by Crippen LogP contribution is -2.09. The number of nitrogens with zero attached hydrogens (tertiary/aromatic N) is 2. The molecule has 0 aromatic carbocycles. The fourth-order valence-corrected chi connectivity index (χ4v) is 1.97. The summed E-state index contributed by atoms with van der Waals surface area (Å²) in [7, 11) is 0. The van der Waals surface area contributed by atoms with Crippen molar-refractivity contribution in [2.45, 2.75) is 18.9 Å². The summed E-state index contributed by atoms with van der Waals surface area (Å²) in [5.74, 6) is 3.52. The maximum atomic E-state index is 5.76. The van der Waals surface area contributed by atoms with Gasteiger partial charge in [0, 0.05) is 17.7 Å². The molecule has 1 unspecified atom stereocenters. The van der Waals surface area contributed by atoms with Gasteiger partial charge < -0.3 is 10.3 Å². The van der Waals surface area contributed by atoms with Gasteiger partial charge in [0.05, 0.1) is 6.04 Å². The average Bonchev–Trinajstić information content (AvgIpc) is 2.90. The molecule has 0 spiro atoms. The lowest BCUT2D eigenvalue weighted by atomic mass is 10.2. The SMILES string of the molecule is C#CCC(N)c1nc(Cc2cccs2)no1. The van der Waals surface area contributed by atoms with Crippen molar-refractivity contribution in [3.05, 3.63) is 34.1 Å². The van der Waals surface area contributed by atoms with E-state index in [1.807, 2.05) is 17.5 Å². The third-order valence-corrected chi connectivity index (χ3v) is 2.93. The van der Waals surface area contributed by atoms with Gasteiger partial charge >= 0.3 is 0 Å². The summed E-state index contributed by atoms with van der Waals surface area (Å²) in [6, 6.07) is 3.65. The summed E-state index contributed by atoms with van der Waals surface area (Å²) in [5, 5.41) is 5.88. The van der Waals surface area contributed by atoms with E-state index in [9.17, 15) is 0 Å². The van der Waals surface area contributed by atoms with Crippen LogP contribution >= 0.6 is 11.3 Å². The topological polar surface area (TPSA) is 64.9 Å². The number of terminal acetylenes is 1. The smallest absolute Gasteiger partial charge is 0.244 e. The van der Waals surface area contributed by atoms with Gasteiger partial charge in [-0.2, -0.15) is 4.98 Å². The number of aromatic nitrogens is 2. The number of hydrogen-bond acceptors (Lipinski definition) is 5. The number of hydrogen-bond donors (Lipinski definition) is 1. The molecule has 0 aliphatic heterocycles. The first kappa shape index (κ1) is 10.9. The summed E-state index contributed by atoms with van der Waals surface area (Å²) in [6.07, 6.45) is 6.24. The van der Waals surface area contributed by atoms with Crippen LogP contribution in [0.4, 0.5) is 0 Å². The van der Waals surface area contributed by atoms with E-state index in [1.54, 1.807) is 11.3 Å². The molecule has 0 aliphatic carbocycles. The zero-order valence-corrected chi connectivity index (χ0v) is 9.41.